The van der Waals surface area contributed by atoms with E-state index in [0.29, 0.717) is 19.3 Å². The third-order valence-electron chi connectivity index (χ3n) is 16.6. The van der Waals surface area contributed by atoms with Crippen LogP contribution in [0.4, 0.5) is 0 Å². The van der Waals surface area contributed by atoms with E-state index in [1.165, 1.54) is 231 Å². The molecule has 1 heterocycles. The summed E-state index contributed by atoms with van der Waals surface area (Å²) in [5.41, 5.74) is 0. The van der Waals surface area contributed by atoms with Crippen LogP contribution in [0.1, 0.15) is 342 Å². The molecule has 0 saturated carbocycles. The Morgan fingerprint density at radius 1 is 0.475 bits per heavy atom. The fraction of sp³-hybridized carbons (Fsp3) is 0.913. The molecular weight excluding hydrogens is 1000 g/mol. The molecule has 11 nitrogen and oxygen atoms in total. The number of rotatable bonds is 60. The molecule has 0 aromatic carbocycles. The lowest BCUT2D eigenvalue weighted by atomic mass is 9.99. The quantitative estimate of drug-likeness (QED) is 0.0195. The average Bonchev–Trinajstić information content (AvgIpc) is 3.45. The summed E-state index contributed by atoms with van der Waals surface area (Å²) in [6, 6.07) is -1.02. The Morgan fingerprint density at radius 2 is 0.825 bits per heavy atom. The van der Waals surface area contributed by atoms with Crippen molar-refractivity contribution in [2.45, 2.75) is 391 Å². The summed E-state index contributed by atoms with van der Waals surface area (Å²) in [4.78, 5) is 26.6. The van der Waals surface area contributed by atoms with E-state index in [2.05, 4.69) is 38.2 Å². The molecule has 0 radical (unpaired) electrons. The number of hydrogen-bond acceptors (Lipinski definition) is 10. The molecule has 1 aliphatic heterocycles. The Labute approximate surface area is 492 Å². The van der Waals surface area contributed by atoms with E-state index >= 15 is 0 Å². The summed E-state index contributed by atoms with van der Waals surface area (Å²) >= 11 is 0. The van der Waals surface area contributed by atoms with Crippen LogP contribution in [-0.4, -0.2) is 99.6 Å². The van der Waals surface area contributed by atoms with Crippen molar-refractivity contribution in [3.05, 3.63) is 24.3 Å². The van der Waals surface area contributed by atoms with Gasteiger partial charge in [0.25, 0.3) is 0 Å². The molecule has 0 aromatic heterocycles. The van der Waals surface area contributed by atoms with E-state index in [-0.39, 0.29) is 13.0 Å². The maximum atomic E-state index is 13.5. The van der Waals surface area contributed by atoms with Crippen LogP contribution in [0.2, 0.25) is 0 Å². The molecule has 0 aromatic rings. The van der Waals surface area contributed by atoms with Crippen LogP contribution >= 0.6 is 0 Å². The highest BCUT2D eigenvalue weighted by Gasteiger charge is 2.47. The lowest BCUT2D eigenvalue weighted by Crippen LogP contribution is -2.61. The number of allylic oxidation sites excluding steroid dienone is 3. The zero-order valence-electron chi connectivity index (χ0n) is 52.5. The van der Waals surface area contributed by atoms with Crippen molar-refractivity contribution >= 4 is 11.9 Å². The molecule has 1 fully saturated rings. The Hall–Kier alpha value is -1.86. The van der Waals surface area contributed by atoms with E-state index in [4.69, 9.17) is 14.2 Å². The lowest BCUT2D eigenvalue weighted by molar-refractivity contribution is -0.305. The summed E-state index contributed by atoms with van der Waals surface area (Å²) in [6.45, 7) is 5.84. The molecule has 472 valence electrons. The van der Waals surface area contributed by atoms with Gasteiger partial charge in [-0.05, 0) is 51.4 Å². The number of amides is 1. The minimum atomic E-state index is -1.61. The minimum Gasteiger partial charge on any atom is -0.454 e. The van der Waals surface area contributed by atoms with E-state index in [1.807, 2.05) is 6.08 Å². The van der Waals surface area contributed by atoms with Crippen LogP contribution in [0.15, 0.2) is 24.3 Å². The Morgan fingerprint density at radius 3 is 1.21 bits per heavy atom. The number of aliphatic hydroxyl groups is 5. The van der Waals surface area contributed by atoms with Crippen molar-refractivity contribution in [1.29, 1.82) is 0 Å². The first-order valence-electron chi connectivity index (χ1n) is 34.6. The molecule has 0 bridgehead atoms. The summed E-state index contributed by atoms with van der Waals surface area (Å²) in [6.07, 6.45) is 57.9. The second kappa shape index (κ2) is 57.6. The van der Waals surface area contributed by atoms with Crippen LogP contribution in [0.25, 0.3) is 0 Å². The van der Waals surface area contributed by atoms with Gasteiger partial charge in [-0.1, -0.05) is 308 Å². The molecule has 0 spiro atoms. The van der Waals surface area contributed by atoms with Gasteiger partial charge in [-0.15, -0.1) is 0 Å². The molecule has 1 aliphatic rings. The van der Waals surface area contributed by atoms with Gasteiger partial charge in [0.05, 0.1) is 25.4 Å². The molecule has 80 heavy (non-hydrogen) atoms. The predicted molar refractivity (Wildman–Crippen MR) is 334 cm³/mol. The third kappa shape index (κ3) is 44.6. The molecule has 11 heteroatoms. The topological polar surface area (TPSA) is 175 Å². The van der Waals surface area contributed by atoms with Crippen molar-refractivity contribution in [3.63, 3.8) is 0 Å². The standard InChI is InChI=1S/C69H131NO10/c1-4-7-10-13-16-19-22-25-27-29-31-32-33-35-37-39-42-45-48-51-54-57-64(74)80-67-66(76)65(75)63(58-71)79-69(67)78-59-60(61(72)55-52-49-46-43-40-24-21-18-15-12-9-6-3)70-68(77)62(73)56-53-50-47-44-41-38-36-34-30-28-26-23-20-17-14-11-8-5-2/h26,28,52,55,60-63,65-67,69,71-73,75-76H,4-25,27,29-51,53-54,56-59H2,1-3H3,(H,70,77)/b28-26+,55-52+. The molecule has 8 unspecified atom stereocenters. The summed E-state index contributed by atoms with van der Waals surface area (Å²) in [5, 5.41) is 57.2. The molecule has 1 rings (SSSR count). The van der Waals surface area contributed by atoms with Gasteiger partial charge < -0.3 is 45.1 Å². The van der Waals surface area contributed by atoms with Gasteiger partial charge in [-0.25, -0.2) is 0 Å². The highest BCUT2D eigenvalue weighted by atomic mass is 16.7. The fourth-order valence-electron chi connectivity index (χ4n) is 11.1. The largest absolute Gasteiger partial charge is 0.454 e. The van der Waals surface area contributed by atoms with Gasteiger partial charge in [0.1, 0.15) is 24.4 Å². The monoisotopic (exact) mass is 1130 g/mol. The fourth-order valence-corrected chi connectivity index (χ4v) is 11.1. The third-order valence-corrected chi connectivity index (χ3v) is 16.6. The van der Waals surface area contributed by atoms with Gasteiger partial charge in [0.2, 0.25) is 5.91 Å². The van der Waals surface area contributed by atoms with E-state index < -0.39 is 67.4 Å². The minimum absolute atomic E-state index is 0.130. The van der Waals surface area contributed by atoms with Crippen LogP contribution < -0.4 is 5.32 Å². The highest BCUT2D eigenvalue weighted by molar-refractivity contribution is 5.80. The number of ether oxygens (including phenoxy) is 3. The maximum Gasteiger partial charge on any atom is 0.306 e. The number of unbranched alkanes of at least 4 members (excludes halogenated alkanes) is 44. The first kappa shape index (κ1) is 76.2. The second-order valence-electron chi connectivity index (χ2n) is 24.3. The summed E-state index contributed by atoms with van der Waals surface area (Å²) in [7, 11) is 0. The molecule has 0 aliphatic carbocycles. The van der Waals surface area contributed by atoms with Crippen molar-refractivity contribution < 1.29 is 49.3 Å². The van der Waals surface area contributed by atoms with Crippen molar-refractivity contribution in [1.82, 2.24) is 5.32 Å². The number of esters is 1. The van der Waals surface area contributed by atoms with Gasteiger partial charge >= 0.3 is 5.97 Å². The number of aliphatic hydroxyl groups excluding tert-OH is 5. The Kier molecular flexibility index (Phi) is 54.8. The molecule has 6 N–H and O–H groups in total. The number of hydrogen-bond donors (Lipinski definition) is 6. The molecular formula is C69H131NO10. The predicted octanol–water partition coefficient (Wildman–Crippen LogP) is 17.2. The first-order chi connectivity index (χ1) is 39.2. The number of nitrogens with one attached hydrogen (secondary N) is 1. The average molecular weight is 1130 g/mol. The molecule has 8 atom stereocenters. The van der Waals surface area contributed by atoms with Crippen LogP contribution in [0, 0.1) is 0 Å². The summed E-state index contributed by atoms with van der Waals surface area (Å²) < 4.78 is 17.7. The molecule has 1 saturated heterocycles. The van der Waals surface area contributed by atoms with E-state index in [9.17, 15) is 35.1 Å². The first-order valence-corrected chi connectivity index (χ1v) is 34.6. The Balaban J connectivity index is 2.59. The van der Waals surface area contributed by atoms with E-state index in [0.717, 1.165) is 64.2 Å². The normalized spacial score (nSPS) is 18.8. The smallest absolute Gasteiger partial charge is 0.306 e. The highest BCUT2D eigenvalue weighted by Crippen LogP contribution is 2.26. The molecule has 1 amide bonds. The SMILES string of the molecule is CCCCCCCC/C=C/CCCCCCCCCCC(O)C(=O)NC(COC1OC(CO)C(O)C(O)C1OC(=O)CCCCCCCCCCCCCCCCCCCCCCC)C(O)/C=C/CCCCCCCCCCCC. The van der Waals surface area contributed by atoms with Gasteiger partial charge in [-0.3, -0.25) is 9.59 Å². The summed E-state index contributed by atoms with van der Waals surface area (Å²) in [5.74, 6) is -1.18. The number of carbonyl (C=O) groups excluding carboxylic acids is 2. The maximum absolute atomic E-state index is 13.5. The van der Waals surface area contributed by atoms with Crippen LogP contribution in [0.3, 0.4) is 0 Å². The van der Waals surface area contributed by atoms with Crippen molar-refractivity contribution in [3.8, 4) is 0 Å². The van der Waals surface area contributed by atoms with Crippen molar-refractivity contribution in [2.24, 2.45) is 0 Å². The van der Waals surface area contributed by atoms with Gasteiger partial charge in [0, 0.05) is 6.42 Å². The zero-order valence-corrected chi connectivity index (χ0v) is 52.5. The van der Waals surface area contributed by atoms with Gasteiger partial charge in [-0.2, -0.15) is 0 Å². The second-order valence-corrected chi connectivity index (χ2v) is 24.3. The van der Waals surface area contributed by atoms with Gasteiger partial charge in [0.15, 0.2) is 12.4 Å². The Bertz CT molecular complexity index is 1400. The zero-order chi connectivity index (χ0) is 58.2. The van der Waals surface area contributed by atoms with Crippen LogP contribution in [0.5, 0.6) is 0 Å². The number of carbonyl (C=O) groups is 2. The van der Waals surface area contributed by atoms with Crippen LogP contribution in [-0.2, 0) is 23.8 Å². The lowest BCUT2D eigenvalue weighted by Gasteiger charge is -2.41. The van der Waals surface area contributed by atoms with E-state index in [1.54, 1.807) is 6.08 Å². The van der Waals surface area contributed by atoms with Crippen molar-refractivity contribution in [2.75, 3.05) is 13.2 Å².